The molecule has 1 aromatic heterocycles. The number of aryl methyl sites for hydroxylation is 1. The Labute approximate surface area is 130 Å². The minimum atomic E-state index is 0.0480. The first kappa shape index (κ1) is 15.6. The Hall–Kier alpha value is -1.81. The molecule has 4 heteroatoms. The van der Waals surface area contributed by atoms with E-state index in [1.54, 1.807) is 16.2 Å². The highest BCUT2D eigenvalue weighted by molar-refractivity contribution is 7.10. The average Bonchev–Trinajstić information content (AvgIpc) is 3.00. The maximum atomic E-state index is 12.8. The number of amides is 1. The molecule has 1 N–H and O–H groups in total. The molecule has 1 heterocycles. The molecule has 0 bridgehead atoms. The van der Waals surface area contributed by atoms with Crippen molar-refractivity contribution >= 4 is 22.9 Å². The number of benzene rings is 1. The predicted molar refractivity (Wildman–Crippen MR) is 90.2 cm³/mol. The van der Waals surface area contributed by atoms with Crippen molar-refractivity contribution in [2.24, 2.45) is 0 Å². The van der Waals surface area contributed by atoms with Gasteiger partial charge in [0.15, 0.2) is 0 Å². The molecule has 112 valence electrons. The number of carbonyl (C=O) groups is 1. The molecule has 2 aromatic rings. The zero-order chi connectivity index (χ0) is 15.4. The van der Waals surface area contributed by atoms with Gasteiger partial charge in [0, 0.05) is 24.2 Å². The van der Waals surface area contributed by atoms with Gasteiger partial charge in [0.1, 0.15) is 0 Å². The van der Waals surface area contributed by atoms with Gasteiger partial charge in [0.25, 0.3) is 5.91 Å². The number of nitrogens with zero attached hydrogens (tertiary/aromatic N) is 1. The van der Waals surface area contributed by atoms with Crippen molar-refractivity contribution in [3.8, 4) is 0 Å². The topological polar surface area (TPSA) is 32.3 Å². The molecule has 0 aliphatic carbocycles. The number of thiophene rings is 1. The van der Waals surface area contributed by atoms with Crippen LogP contribution in [-0.4, -0.2) is 24.4 Å². The Bertz CT molecular complexity index is 607. The number of anilines is 1. The quantitative estimate of drug-likeness (QED) is 0.892. The molecule has 0 spiro atoms. The van der Waals surface area contributed by atoms with Gasteiger partial charge < -0.3 is 10.2 Å². The fourth-order valence-corrected chi connectivity index (χ4v) is 3.09. The van der Waals surface area contributed by atoms with Crippen LogP contribution >= 0.6 is 11.3 Å². The summed E-state index contributed by atoms with van der Waals surface area (Å²) in [6.07, 6.45) is 0. The van der Waals surface area contributed by atoms with E-state index < -0.39 is 0 Å². The van der Waals surface area contributed by atoms with Gasteiger partial charge in [-0.1, -0.05) is 12.1 Å². The smallest absolute Gasteiger partial charge is 0.256 e. The monoisotopic (exact) mass is 302 g/mol. The van der Waals surface area contributed by atoms with Crippen LogP contribution in [0, 0.1) is 6.92 Å². The van der Waals surface area contributed by atoms with Gasteiger partial charge >= 0.3 is 0 Å². The van der Waals surface area contributed by atoms with Gasteiger partial charge in [-0.05, 0) is 49.9 Å². The minimum Gasteiger partial charge on any atom is -0.385 e. The third-order valence-corrected chi connectivity index (χ3v) is 4.67. The minimum absolute atomic E-state index is 0.0480. The highest BCUT2D eigenvalue weighted by Gasteiger charge is 2.21. The van der Waals surface area contributed by atoms with Crippen LogP contribution in [0.15, 0.2) is 35.7 Å². The third kappa shape index (κ3) is 3.45. The summed E-state index contributed by atoms with van der Waals surface area (Å²) >= 11 is 1.68. The van der Waals surface area contributed by atoms with Crippen molar-refractivity contribution < 1.29 is 4.79 Å². The van der Waals surface area contributed by atoms with Crippen molar-refractivity contribution in [2.45, 2.75) is 26.8 Å². The third-order valence-electron chi connectivity index (χ3n) is 3.63. The Balaban J connectivity index is 2.27. The van der Waals surface area contributed by atoms with Crippen LogP contribution in [0.5, 0.6) is 0 Å². The maximum Gasteiger partial charge on any atom is 0.256 e. The molecule has 0 radical (unpaired) electrons. The Morgan fingerprint density at radius 3 is 2.76 bits per heavy atom. The van der Waals surface area contributed by atoms with E-state index in [9.17, 15) is 4.79 Å². The van der Waals surface area contributed by atoms with Crippen LogP contribution in [0.2, 0.25) is 0 Å². The van der Waals surface area contributed by atoms with Gasteiger partial charge in [-0.15, -0.1) is 11.3 Å². The lowest BCUT2D eigenvalue weighted by atomic mass is 10.1. The van der Waals surface area contributed by atoms with E-state index in [1.165, 1.54) is 4.88 Å². The van der Waals surface area contributed by atoms with Crippen LogP contribution in [0.4, 0.5) is 5.69 Å². The van der Waals surface area contributed by atoms with E-state index in [4.69, 9.17) is 0 Å². The Morgan fingerprint density at radius 1 is 1.38 bits per heavy atom. The van der Waals surface area contributed by atoms with E-state index in [1.807, 2.05) is 50.5 Å². The lowest BCUT2D eigenvalue weighted by Gasteiger charge is -2.25. The van der Waals surface area contributed by atoms with Crippen molar-refractivity contribution in [3.63, 3.8) is 0 Å². The summed E-state index contributed by atoms with van der Waals surface area (Å²) in [5.41, 5.74) is 2.79. The molecule has 1 atom stereocenters. The summed E-state index contributed by atoms with van der Waals surface area (Å²) in [5, 5.41) is 5.32. The molecule has 21 heavy (non-hydrogen) atoms. The first-order chi connectivity index (χ1) is 10.0. The second-order valence-electron chi connectivity index (χ2n) is 5.19. The highest BCUT2D eigenvalue weighted by Crippen LogP contribution is 2.27. The summed E-state index contributed by atoms with van der Waals surface area (Å²) in [4.78, 5) is 15.8. The van der Waals surface area contributed by atoms with Crippen molar-refractivity contribution in [1.29, 1.82) is 0 Å². The average molecular weight is 302 g/mol. The second kappa shape index (κ2) is 6.76. The van der Waals surface area contributed by atoms with Crippen LogP contribution in [0.1, 0.15) is 40.7 Å². The first-order valence-corrected chi connectivity index (χ1v) is 8.07. The standard InChI is InChI=1S/C17H22N2OS/c1-5-18-15-11-12(2)8-9-14(15)17(20)19(4)13(3)16-7-6-10-21-16/h6-11,13,18H,5H2,1-4H3. The van der Waals surface area contributed by atoms with Crippen LogP contribution < -0.4 is 5.32 Å². The van der Waals surface area contributed by atoms with Crippen LogP contribution in [0.3, 0.4) is 0 Å². The van der Waals surface area contributed by atoms with Crippen molar-refractivity contribution in [2.75, 3.05) is 18.9 Å². The second-order valence-corrected chi connectivity index (χ2v) is 6.17. The van der Waals surface area contributed by atoms with E-state index in [0.29, 0.717) is 0 Å². The summed E-state index contributed by atoms with van der Waals surface area (Å²) in [7, 11) is 1.86. The molecule has 0 aliphatic heterocycles. The number of nitrogens with one attached hydrogen (secondary N) is 1. The largest absolute Gasteiger partial charge is 0.385 e. The van der Waals surface area contributed by atoms with Gasteiger partial charge in [-0.3, -0.25) is 4.79 Å². The fourth-order valence-electron chi connectivity index (χ4n) is 2.27. The van der Waals surface area contributed by atoms with E-state index in [2.05, 4.69) is 18.3 Å². The molecule has 1 unspecified atom stereocenters. The fraction of sp³-hybridized carbons (Fsp3) is 0.353. The molecule has 2 rings (SSSR count). The highest BCUT2D eigenvalue weighted by atomic mass is 32.1. The van der Waals surface area contributed by atoms with E-state index in [-0.39, 0.29) is 11.9 Å². The number of rotatable bonds is 5. The molecule has 0 saturated carbocycles. The lowest BCUT2D eigenvalue weighted by molar-refractivity contribution is 0.0746. The zero-order valence-electron chi connectivity index (χ0n) is 13.0. The molecule has 1 aromatic carbocycles. The van der Waals surface area contributed by atoms with E-state index >= 15 is 0 Å². The van der Waals surface area contributed by atoms with Gasteiger partial charge in [0.2, 0.25) is 0 Å². The van der Waals surface area contributed by atoms with Gasteiger partial charge in [0.05, 0.1) is 11.6 Å². The van der Waals surface area contributed by atoms with Gasteiger partial charge in [-0.2, -0.15) is 0 Å². The van der Waals surface area contributed by atoms with Crippen molar-refractivity contribution in [1.82, 2.24) is 4.90 Å². The lowest BCUT2D eigenvalue weighted by Crippen LogP contribution is -2.30. The Morgan fingerprint density at radius 2 is 2.14 bits per heavy atom. The number of hydrogen-bond donors (Lipinski definition) is 1. The predicted octanol–water partition coefficient (Wildman–Crippen LogP) is 4.32. The molecular weight excluding hydrogens is 280 g/mol. The Kier molecular flexibility index (Phi) is 5.02. The molecule has 3 nitrogen and oxygen atoms in total. The maximum absolute atomic E-state index is 12.8. The summed E-state index contributed by atoms with van der Waals surface area (Å²) < 4.78 is 0. The normalized spacial score (nSPS) is 12.0. The van der Waals surface area contributed by atoms with Crippen molar-refractivity contribution in [3.05, 3.63) is 51.7 Å². The molecule has 0 fully saturated rings. The molecular formula is C17H22N2OS. The van der Waals surface area contributed by atoms with Crippen LogP contribution in [0.25, 0.3) is 0 Å². The zero-order valence-corrected chi connectivity index (χ0v) is 13.8. The summed E-state index contributed by atoms with van der Waals surface area (Å²) in [6.45, 7) is 6.93. The summed E-state index contributed by atoms with van der Waals surface area (Å²) in [6, 6.07) is 10.1. The first-order valence-electron chi connectivity index (χ1n) is 7.19. The van der Waals surface area contributed by atoms with E-state index in [0.717, 1.165) is 23.4 Å². The number of carbonyl (C=O) groups excluding carboxylic acids is 1. The SMILES string of the molecule is CCNc1cc(C)ccc1C(=O)N(C)C(C)c1cccs1. The molecule has 0 saturated heterocycles. The number of hydrogen-bond acceptors (Lipinski definition) is 3. The molecule has 0 aliphatic rings. The molecule has 1 amide bonds. The van der Waals surface area contributed by atoms with Crippen LogP contribution in [-0.2, 0) is 0 Å². The summed E-state index contributed by atoms with van der Waals surface area (Å²) in [5.74, 6) is 0.0480. The van der Waals surface area contributed by atoms with Gasteiger partial charge in [-0.25, -0.2) is 0 Å².